The Labute approximate surface area is 234 Å². The van der Waals surface area contributed by atoms with Gasteiger partial charge in [0, 0.05) is 35.6 Å². The summed E-state index contributed by atoms with van der Waals surface area (Å²) in [5.74, 6) is -1.19. The van der Waals surface area contributed by atoms with Crippen molar-refractivity contribution in [1.29, 1.82) is 0 Å². The normalized spacial score (nSPS) is 27.2. The highest BCUT2D eigenvalue weighted by atomic mass is 19.2. The topological polar surface area (TPSA) is 53.5 Å². The minimum absolute atomic E-state index is 0.129. The number of piperidine rings is 1. The van der Waals surface area contributed by atoms with E-state index in [1.54, 1.807) is 6.07 Å². The van der Waals surface area contributed by atoms with Gasteiger partial charge in [-0.05, 0) is 94.0 Å². The van der Waals surface area contributed by atoms with Crippen molar-refractivity contribution in [2.45, 2.75) is 87.9 Å². The summed E-state index contributed by atoms with van der Waals surface area (Å²) in [7, 11) is 0. The van der Waals surface area contributed by atoms with Gasteiger partial charge in [-0.15, -0.1) is 0 Å². The molecule has 2 bridgehead atoms. The first-order valence-electron chi connectivity index (χ1n) is 15.2. The summed E-state index contributed by atoms with van der Waals surface area (Å²) < 4.78 is 35.8. The van der Waals surface area contributed by atoms with Crippen LogP contribution in [-0.2, 0) is 13.0 Å². The van der Waals surface area contributed by atoms with Crippen LogP contribution in [0.1, 0.15) is 74.2 Å². The number of halogens is 2. The second-order valence-corrected chi connectivity index (χ2v) is 12.7. The lowest BCUT2D eigenvalue weighted by atomic mass is 9.85. The minimum atomic E-state index is -0.814. The average molecular weight is 546 g/mol. The van der Waals surface area contributed by atoms with E-state index in [9.17, 15) is 4.39 Å². The number of benzene rings is 2. The largest absolute Gasteiger partial charge is 0.461 e. The maximum Gasteiger partial charge on any atom is 0.316 e. The Kier molecular flexibility index (Phi) is 5.99. The van der Waals surface area contributed by atoms with Crippen molar-refractivity contribution in [1.82, 2.24) is 20.2 Å². The van der Waals surface area contributed by atoms with Gasteiger partial charge in [-0.25, -0.2) is 8.78 Å². The van der Waals surface area contributed by atoms with Gasteiger partial charge in [0.15, 0.2) is 11.6 Å². The van der Waals surface area contributed by atoms with E-state index in [0.717, 1.165) is 38.0 Å². The third kappa shape index (κ3) is 4.09. The fraction of sp³-hybridized carbons (Fsp3) is 0.562. The second-order valence-electron chi connectivity index (χ2n) is 12.7. The van der Waals surface area contributed by atoms with Gasteiger partial charge in [0.1, 0.15) is 6.61 Å². The van der Waals surface area contributed by atoms with E-state index in [1.807, 2.05) is 18.2 Å². The van der Waals surface area contributed by atoms with E-state index >= 15 is 4.39 Å². The van der Waals surface area contributed by atoms with Crippen molar-refractivity contribution >= 4 is 16.5 Å². The lowest BCUT2D eigenvalue weighted by molar-refractivity contribution is 0.107. The van der Waals surface area contributed by atoms with Crippen LogP contribution in [0.5, 0.6) is 6.01 Å². The summed E-state index contributed by atoms with van der Waals surface area (Å²) in [6.45, 7) is 4.21. The SMILES string of the molecule is Fc1ccc2cccc(N3CCc4c(nc(OCC56CCCN5CCC6)nc4C4C[C@H]5CC[C@@H](C4)N5)C3)c2c1F. The van der Waals surface area contributed by atoms with E-state index < -0.39 is 11.6 Å². The molecule has 0 spiro atoms. The molecule has 0 saturated carbocycles. The van der Waals surface area contributed by atoms with E-state index in [-0.39, 0.29) is 5.54 Å². The van der Waals surface area contributed by atoms with Gasteiger partial charge in [-0.3, -0.25) is 4.90 Å². The molecule has 3 aromatic rings. The van der Waals surface area contributed by atoms with Crippen LogP contribution in [-0.4, -0.2) is 58.7 Å². The quantitative estimate of drug-likeness (QED) is 0.459. The predicted octanol–water partition coefficient (Wildman–Crippen LogP) is 5.48. The maximum absolute atomic E-state index is 15.1. The Morgan fingerprint density at radius 2 is 1.77 bits per heavy atom. The number of hydrogen-bond donors (Lipinski definition) is 1. The molecular formula is C32H37F2N5O. The molecule has 0 amide bonds. The van der Waals surface area contributed by atoms with Gasteiger partial charge < -0.3 is 15.0 Å². The fourth-order valence-corrected chi connectivity index (χ4v) is 8.54. The van der Waals surface area contributed by atoms with Gasteiger partial charge in [0.05, 0.1) is 23.5 Å². The fourth-order valence-electron chi connectivity index (χ4n) is 8.54. The minimum Gasteiger partial charge on any atom is -0.461 e. The first kappa shape index (κ1) is 24.9. The number of hydrogen-bond acceptors (Lipinski definition) is 6. The molecular weight excluding hydrogens is 508 g/mol. The van der Waals surface area contributed by atoms with Crippen molar-refractivity contribution < 1.29 is 13.5 Å². The standard InChI is InChI=1S/C32H37F2N5O/c33-25-9-6-20-4-1-5-27(28(20)29(25)34)38-15-10-24-26(18-38)36-31(40-19-32-11-2-13-39(32)14-3-12-32)37-30(24)21-16-22-7-8-23(17-21)35-22/h1,4-6,9,21-23,35H,2-3,7-8,10-19H2/t21?,22-,23+. The highest BCUT2D eigenvalue weighted by Crippen LogP contribution is 2.42. The van der Waals surface area contributed by atoms with Crippen LogP contribution >= 0.6 is 0 Å². The maximum atomic E-state index is 15.1. The van der Waals surface area contributed by atoms with Gasteiger partial charge in [0.25, 0.3) is 0 Å². The number of nitrogens with zero attached hydrogens (tertiary/aromatic N) is 4. The number of anilines is 1. The molecule has 5 aliphatic rings. The number of fused-ring (bicyclic) bond motifs is 5. The molecule has 1 unspecified atom stereocenters. The van der Waals surface area contributed by atoms with Crippen LogP contribution < -0.4 is 15.0 Å². The van der Waals surface area contributed by atoms with Crippen molar-refractivity contribution in [2.75, 3.05) is 31.1 Å². The summed E-state index contributed by atoms with van der Waals surface area (Å²) in [6.07, 6.45) is 10.3. The third-order valence-corrected chi connectivity index (χ3v) is 10.5. The molecule has 6 heterocycles. The number of rotatable bonds is 5. The molecule has 0 aliphatic carbocycles. The van der Waals surface area contributed by atoms with Crippen molar-refractivity contribution in [3.8, 4) is 6.01 Å². The van der Waals surface area contributed by atoms with E-state index in [0.29, 0.717) is 60.2 Å². The summed E-state index contributed by atoms with van der Waals surface area (Å²) in [6, 6.07) is 10.1. The predicted molar refractivity (Wildman–Crippen MR) is 151 cm³/mol. The zero-order valence-corrected chi connectivity index (χ0v) is 23.0. The monoisotopic (exact) mass is 545 g/mol. The Bertz CT molecular complexity index is 1440. The van der Waals surface area contributed by atoms with Gasteiger partial charge in [-0.2, -0.15) is 9.97 Å². The van der Waals surface area contributed by atoms with Crippen molar-refractivity contribution in [2.24, 2.45) is 0 Å². The van der Waals surface area contributed by atoms with E-state index in [4.69, 9.17) is 14.7 Å². The van der Waals surface area contributed by atoms with Crippen LogP contribution in [0.15, 0.2) is 30.3 Å². The first-order chi connectivity index (χ1) is 19.6. The molecule has 5 aliphatic heterocycles. The lowest BCUT2D eigenvalue weighted by Crippen LogP contribution is -2.43. The van der Waals surface area contributed by atoms with Crippen LogP contribution in [0.25, 0.3) is 10.8 Å². The molecule has 1 aromatic heterocycles. The van der Waals surface area contributed by atoms with Gasteiger partial charge in [-0.1, -0.05) is 18.2 Å². The smallest absolute Gasteiger partial charge is 0.316 e. The summed E-state index contributed by atoms with van der Waals surface area (Å²) in [4.78, 5) is 14.9. The summed E-state index contributed by atoms with van der Waals surface area (Å²) >= 11 is 0. The number of aromatic nitrogens is 2. The molecule has 2 aromatic carbocycles. The zero-order valence-electron chi connectivity index (χ0n) is 23.0. The zero-order chi connectivity index (χ0) is 26.8. The Hall–Kier alpha value is -2.84. The van der Waals surface area contributed by atoms with Crippen LogP contribution in [0.2, 0.25) is 0 Å². The Balaban J connectivity index is 1.15. The molecule has 3 atom stereocenters. The lowest BCUT2D eigenvalue weighted by Gasteiger charge is -2.35. The van der Waals surface area contributed by atoms with Crippen molar-refractivity contribution in [3.05, 3.63) is 58.9 Å². The molecule has 1 N–H and O–H groups in total. The second kappa shape index (κ2) is 9.62. The molecule has 8 rings (SSSR count). The van der Waals surface area contributed by atoms with E-state index in [2.05, 4.69) is 15.1 Å². The molecule has 210 valence electrons. The number of nitrogens with one attached hydrogen (secondary N) is 1. The highest BCUT2D eigenvalue weighted by molar-refractivity contribution is 5.95. The van der Waals surface area contributed by atoms with Gasteiger partial charge in [0.2, 0.25) is 0 Å². The molecule has 6 nitrogen and oxygen atoms in total. The third-order valence-electron chi connectivity index (χ3n) is 10.5. The average Bonchev–Trinajstić information content (AvgIpc) is 3.66. The van der Waals surface area contributed by atoms with Crippen molar-refractivity contribution in [3.63, 3.8) is 0 Å². The summed E-state index contributed by atoms with van der Waals surface area (Å²) in [5.41, 5.74) is 4.22. The molecule has 4 fully saturated rings. The molecule has 4 saturated heterocycles. The van der Waals surface area contributed by atoms with Crippen LogP contribution in [0, 0.1) is 11.6 Å². The van der Waals surface area contributed by atoms with E-state index in [1.165, 1.54) is 55.8 Å². The molecule has 0 radical (unpaired) electrons. The van der Waals surface area contributed by atoms with Gasteiger partial charge >= 0.3 is 6.01 Å². The summed E-state index contributed by atoms with van der Waals surface area (Å²) in [5, 5.41) is 4.82. The number of ether oxygens (including phenoxy) is 1. The first-order valence-corrected chi connectivity index (χ1v) is 15.2. The van der Waals surface area contributed by atoms with Crippen LogP contribution in [0.3, 0.4) is 0 Å². The Morgan fingerprint density at radius 3 is 2.58 bits per heavy atom. The highest BCUT2D eigenvalue weighted by Gasteiger charge is 2.45. The molecule has 40 heavy (non-hydrogen) atoms. The molecule has 8 heteroatoms. The Morgan fingerprint density at radius 1 is 0.975 bits per heavy atom. The van der Waals surface area contributed by atoms with Crippen LogP contribution in [0.4, 0.5) is 14.5 Å².